The predicted molar refractivity (Wildman–Crippen MR) is 150 cm³/mol. The van der Waals surface area contributed by atoms with E-state index in [1.807, 2.05) is 77.1 Å². The summed E-state index contributed by atoms with van der Waals surface area (Å²) in [5.74, 6) is -0.103. The molecule has 0 aliphatic carbocycles. The molecule has 0 atom stereocenters. The van der Waals surface area contributed by atoms with Gasteiger partial charge in [0.1, 0.15) is 0 Å². The SMILES string of the molecule is Cc1ccc(Cn2c(SCC(=O)c3ccc(C)cc3C)nc3cc(C(=O)NC(C)C)ccc3c2=O)cc1. The van der Waals surface area contributed by atoms with Crippen molar-refractivity contribution in [3.63, 3.8) is 0 Å². The first-order valence-corrected chi connectivity index (χ1v) is 13.2. The minimum Gasteiger partial charge on any atom is -0.350 e. The molecule has 0 bridgehead atoms. The Morgan fingerprint density at radius 2 is 1.65 bits per heavy atom. The fourth-order valence-electron chi connectivity index (χ4n) is 4.15. The van der Waals surface area contributed by atoms with Gasteiger partial charge in [0.2, 0.25) is 0 Å². The lowest BCUT2D eigenvalue weighted by atomic mass is 10.0. The summed E-state index contributed by atoms with van der Waals surface area (Å²) < 4.78 is 1.61. The molecule has 4 rings (SSSR count). The molecule has 190 valence electrons. The molecular weight excluding hydrogens is 482 g/mol. The molecular formula is C30H31N3O3S. The number of Topliss-reactive ketones (excluding diaryl/α,β-unsaturated/α-hetero) is 1. The van der Waals surface area contributed by atoms with E-state index in [-0.39, 0.29) is 29.0 Å². The van der Waals surface area contributed by atoms with Crippen LogP contribution in [0.3, 0.4) is 0 Å². The average Bonchev–Trinajstić information content (AvgIpc) is 2.85. The molecule has 1 aromatic heterocycles. The van der Waals surface area contributed by atoms with Crippen LogP contribution >= 0.6 is 11.8 Å². The minimum absolute atomic E-state index is 0.0129. The number of hydrogen-bond donors (Lipinski definition) is 1. The number of carbonyl (C=O) groups excluding carboxylic acids is 2. The highest BCUT2D eigenvalue weighted by Crippen LogP contribution is 2.22. The monoisotopic (exact) mass is 513 g/mol. The van der Waals surface area contributed by atoms with Gasteiger partial charge in [-0.05, 0) is 63.9 Å². The van der Waals surface area contributed by atoms with Gasteiger partial charge in [-0.1, -0.05) is 65.4 Å². The first-order valence-electron chi connectivity index (χ1n) is 12.3. The Hall–Kier alpha value is -3.71. The predicted octanol–water partition coefficient (Wildman–Crippen LogP) is 5.48. The van der Waals surface area contributed by atoms with Crippen molar-refractivity contribution in [3.8, 4) is 0 Å². The lowest BCUT2D eigenvalue weighted by Crippen LogP contribution is -2.30. The Kier molecular flexibility index (Phi) is 7.93. The standard InChI is InChI=1S/C30H31N3O3S/c1-18(2)31-28(35)23-11-13-25-26(15-23)32-30(33(29(25)36)16-22-9-6-19(3)7-10-22)37-17-27(34)24-12-8-20(4)14-21(24)5/h6-15,18H,16-17H2,1-5H3,(H,31,35). The number of amides is 1. The third-order valence-corrected chi connectivity index (χ3v) is 7.05. The third-order valence-electron chi connectivity index (χ3n) is 6.08. The number of aryl methyl sites for hydroxylation is 3. The third kappa shape index (κ3) is 6.17. The maximum atomic E-state index is 13.6. The van der Waals surface area contributed by atoms with E-state index in [1.54, 1.807) is 22.8 Å². The first kappa shape index (κ1) is 26.4. The molecule has 1 heterocycles. The first-order chi connectivity index (χ1) is 17.6. The highest BCUT2D eigenvalue weighted by atomic mass is 32.2. The van der Waals surface area contributed by atoms with E-state index in [2.05, 4.69) is 5.32 Å². The van der Waals surface area contributed by atoms with Gasteiger partial charge < -0.3 is 5.32 Å². The Morgan fingerprint density at radius 3 is 2.32 bits per heavy atom. The molecule has 4 aromatic rings. The number of ketones is 1. The van der Waals surface area contributed by atoms with Crippen LogP contribution in [-0.4, -0.2) is 33.0 Å². The van der Waals surface area contributed by atoms with Crippen LogP contribution in [0.1, 0.15) is 56.8 Å². The van der Waals surface area contributed by atoms with Gasteiger partial charge in [0.25, 0.3) is 11.5 Å². The lowest BCUT2D eigenvalue weighted by molar-refractivity contribution is 0.0942. The summed E-state index contributed by atoms with van der Waals surface area (Å²) in [6.45, 7) is 10.0. The Balaban J connectivity index is 1.74. The fourth-order valence-corrected chi connectivity index (χ4v) is 5.03. The summed E-state index contributed by atoms with van der Waals surface area (Å²) in [5, 5.41) is 3.74. The van der Waals surface area contributed by atoms with E-state index in [0.717, 1.165) is 22.3 Å². The molecule has 0 aliphatic rings. The number of nitrogens with zero attached hydrogens (tertiary/aromatic N) is 2. The minimum atomic E-state index is -0.221. The summed E-state index contributed by atoms with van der Waals surface area (Å²) >= 11 is 1.24. The van der Waals surface area contributed by atoms with E-state index < -0.39 is 0 Å². The molecule has 0 spiro atoms. The van der Waals surface area contributed by atoms with E-state index in [4.69, 9.17) is 4.98 Å². The van der Waals surface area contributed by atoms with Crippen LogP contribution in [0.15, 0.2) is 70.6 Å². The van der Waals surface area contributed by atoms with Gasteiger partial charge in [-0.3, -0.25) is 19.0 Å². The van der Waals surface area contributed by atoms with Crippen molar-refractivity contribution in [2.75, 3.05) is 5.75 Å². The topological polar surface area (TPSA) is 81.1 Å². The zero-order valence-electron chi connectivity index (χ0n) is 21.8. The molecule has 0 radical (unpaired) electrons. The summed E-state index contributed by atoms with van der Waals surface area (Å²) in [5.41, 5.74) is 5.45. The maximum absolute atomic E-state index is 13.6. The average molecular weight is 514 g/mol. The number of thioether (sulfide) groups is 1. The van der Waals surface area contributed by atoms with Crippen LogP contribution in [-0.2, 0) is 6.54 Å². The largest absolute Gasteiger partial charge is 0.350 e. The van der Waals surface area contributed by atoms with Crippen molar-refractivity contribution in [2.45, 2.75) is 52.4 Å². The zero-order valence-corrected chi connectivity index (χ0v) is 22.6. The number of benzene rings is 3. The Morgan fingerprint density at radius 1 is 0.946 bits per heavy atom. The molecule has 6 nitrogen and oxygen atoms in total. The van der Waals surface area contributed by atoms with Gasteiger partial charge in [-0.2, -0.15) is 0 Å². The molecule has 3 aromatic carbocycles. The molecule has 1 N–H and O–H groups in total. The number of fused-ring (bicyclic) bond motifs is 1. The van der Waals surface area contributed by atoms with Gasteiger partial charge >= 0.3 is 0 Å². The fraction of sp³-hybridized carbons (Fsp3) is 0.267. The molecule has 0 saturated carbocycles. The molecule has 1 amide bonds. The van der Waals surface area contributed by atoms with Gasteiger partial charge in [0.15, 0.2) is 10.9 Å². The van der Waals surface area contributed by atoms with Crippen molar-refractivity contribution in [1.29, 1.82) is 0 Å². The normalized spacial score (nSPS) is 11.2. The Labute approximate surface area is 221 Å². The van der Waals surface area contributed by atoms with Gasteiger partial charge in [-0.15, -0.1) is 0 Å². The zero-order chi connectivity index (χ0) is 26.7. The smallest absolute Gasteiger partial charge is 0.262 e. The number of hydrogen-bond acceptors (Lipinski definition) is 5. The van der Waals surface area contributed by atoms with E-state index >= 15 is 0 Å². The van der Waals surface area contributed by atoms with Crippen molar-refractivity contribution < 1.29 is 9.59 Å². The van der Waals surface area contributed by atoms with Gasteiger partial charge in [0.05, 0.1) is 23.2 Å². The Bertz CT molecular complexity index is 1540. The van der Waals surface area contributed by atoms with Gasteiger partial charge in [0, 0.05) is 17.2 Å². The van der Waals surface area contributed by atoms with E-state index in [1.165, 1.54) is 11.8 Å². The van der Waals surface area contributed by atoms with Crippen molar-refractivity contribution in [3.05, 3.63) is 104 Å². The summed E-state index contributed by atoms with van der Waals surface area (Å²) in [6.07, 6.45) is 0. The van der Waals surface area contributed by atoms with Crippen LogP contribution in [0, 0.1) is 20.8 Å². The molecule has 0 fully saturated rings. The van der Waals surface area contributed by atoms with Crippen LogP contribution < -0.4 is 10.9 Å². The highest BCUT2D eigenvalue weighted by molar-refractivity contribution is 7.99. The molecule has 0 aliphatic heterocycles. The van der Waals surface area contributed by atoms with Crippen LogP contribution in [0.4, 0.5) is 0 Å². The summed E-state index contributed by atoms with van der Waals surface area (Å²) in [4.78, 5) is 44.0. The second-order valence-electron chi connectivity index (χ2n) is 9.66. The number of aromatic nitrogens is 2. The molecule has 37 heavy (non-hydrogen) atoms. The highest BCUT2D eigenvalue weighted by Gasteiger charge is 2.17. The van der Waals surface area contributed by atoms with Gasteiger partial charge in [-0.25, -0.2) is 4.98 Å². The molecule has 7 heteroatoms. The summed E-state index contributed by atoms with van der Waals surface area (Å²) in [6, 6.07) is 18.7. The number of rotatable bonds is 8. The van der Waals surface area contributed by atoms with E-state index in [9.17, 15) is 14.4 Å². The quantitative estimate of drug-likeness (QED) is 0.192. The molecule has 0 saturated heterocycles. The second kappa shape index (κ2) is 11.1. The van der Waals surface area contributed by atoms with Crippen molar-refractivity contribution in [2.24, 2.45) is 0 Å². The van der Waals surface area contributed by atoms with Crippen LogP contribution in [0.25, 0.3) is 10.9 Å². The van der Waals surface area contributed by atoms with Crippen LogP contribution in [0.2, 0.25) is 0 Å². The summed E-state index contributed by atoms with van der Waals surface area (Å²) in [7, 11) is 0. The van der Waals surface area contributed by atoms with E-state index in [0.29, 0.717) is 33.7 Å². The lowest BCUT2D eigenvalue weighted by Gasteiger charge is -2.14. The van der Waals surface area contributed by atoms with Crippen molar-refractivity contribution >= 4 is 34.4 Å². The maximum Gasteiger partial charge on any atom is 0.262 e. The van der Waals surface area contributed by atoms with Crippen LogP contribution in [0.5, 0.6) is 0 Å². The second-order valence-corrected chi connectivity index (χ2v) is 10.6. The van der Waals surface area contributed by atoms with Crippen molar-refractivity contribution in [1.82, 2.24) is 14.9 Å². The molecule has 0 unspecified atom stereocenters. The number of carbonyl (C=O) groups is 2. The number of nitrogens with one attached hydrogen (secondary N) is 1.